The maximum Gasteiger partial charge on any atom is 0.256 e. The van der Waals surface area contributed by atoms with Crippen LogP contribution in [0.5, 0.6) is 0 Å². The number of fused-ring (bicyclic) bond motifs is 1. The molecule has 0 spiro atoms. The third kappa shape index (κ3) is 14.0. The molecule has 1 atom stereocenters. The van der Waals surface area contributed by atoms with E-state index in [2.05, 4.69) is 31.2 Å². The molecular weight excluding hydrogens is 806 g/mol. The third-order valence-corrected chi connectivity index (χ3v) is 9.92. The van der Waals surface area contributed by atoms with Crippen molar-refractivity contribution in [3.63, 3.8) is 0 Å². The van der Waals surface area contributed by atoms with Crippen LogP contribution in [0.25, 0.3) is 21.9 Å². The molecule has 0 aliphatic rings. The zero-order valence-electron chi connectivity index (χ0n) is 35.1. The summed E-state index contributed by atoms with van der Waals surface area (Å²) >= 11 is 0. The summed E-state index contributed by atoms with van der Waals surface area (Å²) in [6.45, 7) is 6.02. The van der Waals surface area contributed by atoms with Crippen LogP contribution >= 0.6 is 0 Å². The van der Waals surface area contributed by atoms with Gasteiger partial charge in [-0.2, -0.15) is 0 Å². The van der Waals surface area contributed by atoms with E-state index in [0.717, 1.165) is 0 Å². The van der Waals surface area contributed by atoms with E-state index in [9.17, 15) is 28.8 Å². The van der Waals surface area contributed by atoms with Gasteiger partial charge in [-0.05, 0) is 55.8 Å². The van der Waals surface area contributed by atoms with Gasteiger partial charge in [0.2, 0.25) is 24.1 Å². The molecular formula is C43H54FN9O9. The topological polar surface area (TPSA) is 259 Å². The fourth-order valence-electron chi connectivity index (χ4n) is 6.24. The molecule has 0 saturated carbocycles. The van der Waals surface area contributed by atoms with E-state index in [1.165, 1.54) is 23.5 Å². The number of hydrogen-bond donors (Lipinski definition) is 6. The Labute approximate surface area is 358 Å². The van der Waals surface area contributed by atoms with Gasteiger partial charge in [-0.25, -0.2) is 9.37 Å². The first kappa shape index (κ1) is 48.1. The molecule has 0 fully saturated rings. The highest BCUT2D eigenvalue weighted by Crippen LogP contribution is 2.36. The lowest BCUT2D eigenvalue weighted by Crippen LogP contribution is -2.37. The van der Waals surface area contributed by atoms with E-state index >= 15 is 4.39 Å². The molecule has 332 valence electrons. The number of anilines is 4. The van der Waals surface area contributed by atoms with Gasteiger partial charge >= 0.3 is 0 Å². The highest BCUT2D eigenvalue weighted by atomic mass is 19.1. The largest absolute Gasteiger partial charge is 0.397 e. The molecule has 0 radical (unpaired) electrons. The number of benzene rings is 2. The summed E-state index contributed by atoms with van der Waals surface area (Å²) in [4.78, 5) is 81.9. The summed E-state index contributed by atoms with van der Waals surface area (Å²) in [5, 5.41) is 11.6. The minimum Gasteiger partial charge on any atom is -0.397 e. The van der Waals surface area contributed by atoms with Crippen LogP contribution in [0, 0.1) is 12.7 Å². The van der Waals surface area contributed by atoms with Gasteiger partial charge in [-0.1, -0.05) is 12.1 Å². The van der Waals surface area contributed by atoms with Crippen molar-refractivity contribution in [3.05, 3.63) is 71.4 Å². The second-order valence-corrected chi connectivity index (χ2v) is 14.2. The van der Waals surface area contributed by atoms with Crippen LogP contribution in [0.4, 0.5) is 27.3 Å². The van der Waals surface area contributed by atoms with Crippen LogP contribution in [0.2, 0.25) is 0 Å². The van der Waals surface area contributed by atoms with Gasteiger partial charge in [0.05, 0.1) is 62.8 Å². The Hall–Kier alpha value is -6.57. The van der Waals surface area contributed by atoms with Crippen LogP contribution < -0.4 is 32.7 Å². The first-order chi connectivity index (χ1) is 29.9. The highest BCUT2D eigenvalue weighted by Gasteiger charge is 2.24. The lowest BCUT2D eigenvalue weighted by Gasteiger charge is -2.26. The summed E-state index contributed by atoms with van der Waals surface area (Å²) < 4.78 is 31.9. The Bertz CT molecular complexity index is 2210. The molecule has 0 aliphatic heterocycles. The quantitative estimate of drug-likeness (QED) is 0.0300. The van der Waals surface area contributed by atoms with Crippen LogP contribution in [0.3, 0.4) is 0 Å². The van der Waals surface area contributed by atoms with Crippen molar-refractivity contribution in [3.8, 4) is 11.1 Å². The number of hydrogen-bond acceptors (Lipinski definition) is 14. The monoisotopic (exact) mass is 859 g/mol. The first-order valence-corrected chi connectivity index (χ1v) is 20.1. The summed E-state index contributed by atoms with van der Waals surface area (Å²) in [5.74, 6) is -1.74. The molecule has 5 amide bonds. The second-order valence-electron chi connectivity index (χ2n) is 14.2. The summed E-state index contributed by atoms with van der Waals surface area (Å²) in [6.07, 6.45) is 6.24. The average molecular weight is 860 g/mol. The fraction of sp³-hybridized carbons (Fsp3) is 0.395. The number of nitrogen functional groups attached to an aromatic ring is 2. The zero-order valence-corrected chi connectivity index (χ0v) is 35.1. The Morgan fingerprint density at radius 3 is 2.27 bits per heavy atom. The van der Waals surface area contributed by atoms with Crippen molar-refractivity contribution in [2.24, 2.45) is 0 Å². The maximum atomic E-state index is 15.2. The van der Waals surface area contributed by atoms with Crippen LogP contribution in [-0.2, 0) is 33.4 Å². The number of aromatic nitrogens is 2. The molecule has 0 bridgehead atoms. The number of rotatable bonds is 26. The predicted octanol–water partition coefficient (Wildman–Crippen LogP) is 3.62. The molecule has 4 aromatic rings. The van der Waals surface area contributed by atoms with E-state index < -0.39 is 11.7 Å². The molecule has 19 heteroatoms. The SMILES string of the molecule is Cc1c(N)cncc1-c1cc2cc(NC(=O)CCCC(=O)NCCOCCOCCOCCNc3cccc(C=O)c3C(=O)N(C)C(C)CCC(=O)NC=O)ncc2c(N)c1F. The number of nitrogens with zero attached hydrogens (tertiary/aromatic N) is 3. The van der Waals surface area contributed by atoms with Gasteiger partial charge < -0.3 is 46.5 Å². The number of imide groups is 1. The highest BCUT2D eigenvalue weighted by molar-refractivity contribution is 6.06. The minimum absolute atomic E-state index is 0.0608. The molecule has 62 heavy (non-hydrogen) atoms. The van der Waals surface area contributed by atoms with Crippen molar-refractivity contribution < 1.29 is 47.4 Å². The number of ether oxygens (including phenoxy) is 3. The van der Waals surface area contributed by atoms with Crippen molar-refractivity contribution in [1.82, 2.24) is 25.5 Å². The molecule has 0 saturated heterocycles. The Morgan fingerprint density at radius 1 is 0.871 bits per heavy atom. The zero-order chi connectivity index (χ0) is 45.0. The fourth-order valence-corrected chi connectivity index (χ4v) is 6.24. The number of pyridine rings is 2. The molecule has 2 aromatic heterocycles. The van der Waals surface area contributed by atoms with Crippen LogP contribution in [0.1, 0.15) is 65.3 Å². The summed E-state index contributed by atoms with van der Waals surface area (Å²) in [7, 11) is 1.59. The first-order valence-electron chi connectivity index (χ1n) is 20.1. The van der Waals surface area contributed by atoms with Crippen LogP contribution in [-0.4, -0.2) is 117 Å². The lowest BCUT2D eigenvalue weighted by atomic mass is 9.97. The van der Waals surface area contributed by atoms with Gasteiger partial charge in [0, 0.05) is 85.6 Å². The number of aldehydes is 1. The third-order valence-electron chi connectivity index (χ3n) is 9.92. The number of nitrogens with two attached hydrogens (primary N) is 2. The molecule has 1 unspecified atom stereocenters. The number of carbonyl (C=O) groups excluding carboxylic acids is 6. The van der Waals surface area contributed by atoms with Gasteiger partial charge in [-0.15, -0.1) is 0 Å². The summed E-state index contributed by atoms with van der Waals surface area (Å²) in [6, 6.07) is 7.79. The smallest absolute Gasteiger partial charge is 0.256 e. The number of carbonyl (C=O) groups is 6. The molecule has 2 aromatic carbocycles. The number of halogens is 1. The standard InChI is InChI=1S/C43H54FN9O9/c1-27(10-11-38(57)51-26-55)53(3)43(59)40-29(25-54)6-4-7-35(40)48-12-14-60-16-18-62-19-17-61-15-13-49-37(56)8-5-9-39(58)52-36-21-30-20-31(32-22-47-24-34(45)28(32)2)41(44)42(46)33(30)23-50-36/h4,6-7,20-27,48H,5,8-19,45-46H2,1-3H3,(H,49,56)(H,50,52,58)(H,51,55,57). The molecule has 2 heterocycles. The van der Waals surface area contributed by atoms with Gasteiger partial charge in [0.15, 0.2) is 12.1 Å². The van der Waals surface area contributed by atoms with Crippen molar-refractivity contribution in [1.29, 1.82) is 0 Å². The normalized spacial score (nSPS) is 11.4. The predicted molar refractivity (Wildman–Crippen MR) is 232 cm³/mol. The molecule has 18 nitrogen and oxygen atoms in total. The Kier molecular flexibility index (Phi) is 19.1. The van der Waals surface area contributed by atoms with Crippen molar-refractivity contribution in [2.45, 2.75) is 52.0 Å². The second kappa shape index (κ2) is 24.6. The minimum atomic E-state index is -0.614. The van der Waals surface area contributed by atoms with Crippen LogP contribution in [0.15, 0.2) is 48.9 Å². The number of amides is 5. The van der Waals surface area contributed by atoms with E-state index in [0.29, 0.717) is 105 Å². The van der Waals surface area contributed by atoms with E-state index in [1.807, 2.05) is 0 Å². The van der Waals surface area contributed by atoms with Gasteiger partial charge in [0.1, 0.15) is 5.82 Å². The number of nitrogens with one attached hydrogen (secondary N) is 4. The van der Waals surface area contributed by atoms with Crippen molar-refractivity contribution in [2.75, 3.05) is 81.9 Å². The van der Waals surface area contributed by atoms with Crippen molar-refractivity contribution >= 4 is 70.0 Å². The summed E-state index contributed by atoms with van der Waals surface area (Å²) in [5.41, 5.74) is 14.7. The maximum absolute atomic E-state index is 15.2. The molecule has 0 aliphatic carbocycles. The van der Waals surface area contributed by atoms with E-state index in [-0.39, 0.29) is 77.8 Å². The Morgan fingerprint density at radius 2 is 1.56 bits per heavy atom. The average Bonchev–Trinajstić information content (AvgIpc) is 3.26. The van der Waals surface area contributed by atoms with Gasteiger partial charge in [-0.3, -0.25) is 39.1 Å². The Balaban J connectivity index is 1.04. The molecule has 8 N–H and O–H groups in total. The van der Waals surface area contributed by atoms with Gasteiger partial charge in [0.25, 0.3) is 5.91 Å². The van der Waals surface area contributed by atoms with E-state index in [4.69, 9.17) is 25.7 Å². The van der Waals surface area contributed by atoms with E-state index in [1.54, 1.807) is 51.2 Å². The molecule has 4 rings (SSSR count). The lowest BCUT2D eigenvalue weighted by molar-refractivity contribution is -0.126.